The van der Waals surface area contributed by atoms with E-state index in [-0.39, 0.29) is 11.9 Å². The molecule has 7 heteroatoms. The zero-order valence-electron chi connectivity index (χ0n) is 12.6. The quantitative estimate of drug-likeness (QED) is 0.855. The van der Waals surface area contributed by atoms with Crippen LogP contribution in [0.2, 0.25) is 0 Å². The van der Waals surface area contributed by atoms with Crippen LogP contribution in [0.3, 0.4) is 0 Å². The molecular weight excluding hydrogens is 272 g/mol. The predicted octanol–water partition coefficient (Wildman–Crippen LogP) is 0.498. The van der Waals surface area contributed by atoms with E-state index in [0.717, 1.165) is 19.4 Å². The molecule has 0 bridgehead atoms. The van der Waals surface area contributed by atoms with Gasteiger partial charge >= 0.3 is 0 Å². The lowest BCUT2D eigenvalue weighted by Gasteiger charge is -2.40. The number of aryl methyl sites for hydroxylation is 1. The largest absolute Gasteiger partial charge is 0.380 e. The Morgan fingerprint density at radius 2 is 2.10 bits per heavy atom. The SMILES string of the molecule is Cc1noc([C@@H]2CN(C(=O)C3(O)CCCC3)CCN2C)n1. The summed E-state index contributed by atoms with van der Waals surface area (Å²) < 4.78 is 5.25. The molecule has 1 saturated carbocycles. The molecule has 1 aromatic heterocycles. The zero-order chi connectivity index (χ0) is 15.0. The topological polar surface area (TPSA) is 82.7 Å². The Balaban J connectivity index is 1.75. The number of amides is 1. The van der Waals surface area contributed by atoms with Gasteiger partial charge in [0.25, 0.3) is 5.91 Å². The molecule has 2 aliphatic rings. The Bertz CT molecular complexity index is 524. The molecule has 2 heterocycles. The summed E-state index contributed by atoms with van der Waals surface area (Å²) in [6.07, 6.45) is 2.98. The van der Waals surface area contributed by atoms with E-state index in [1.54, 1.807) is 11.8 Å². The van der Waals surface area contributed by atoms with Gasteiger partial charge in [0.1, 0.15) is 11.6 Å². The second kappa shape index (κ2) is 5.38. The van der Waals surface area contributed by atoms with E-state index < -0.39 is 5.60 Å². The monoisotopic (exact) mass is 294 g/mol. The number of carbonyl (C=O) groups is 1. The van der Waals surface area contributed by atoms with Crippen molar-refractivity contribution in [1.82, 2.24) is 19.9 Å². The first-order valence-corrected chi connectivity index (χ1v) is 7.52. The van der Waals surface area contributed by atoms with Gasteiger partial charge in [-0.3, -0.25) is 9.69 Å². The van der Waals surface area contributed by atoms with E-state index in [0.29, 0.717) is 37.6 Å². The molecule has 1 aliphatic carbocycles. The lowest BCUT2D eigenvalue weighted by molar-refractivity contribution is -0.153. The molecule has 1 atom stereocenters. The molecule has 1 N–H and O–H groups in total. The predicted molar refractivity (Wildman–Crippen MR) is 74.4 cm³/mol. The van der Waals surface area contributed by atoms with Gasteiger partial charge in [0, 0.05) is 19.6 Å². The second-order valence-electron chi connectivity index (χ2n) is 6.17. The lowest BCUT2D eigenvalue weighted by atomic mass is 9.99. The fraction of sp³-hybridized carbons (Fsp3) is 0.786. The number of hydrogen-bond acceptors (Lipinski definition) is 6. The summed E-state index contributed by atoms with van der Waals surface area (Å²) >= 11 is 0. The van der Waals surface area contributed by atoms with Crippen LogP contribution >= 0.6 is 0 Å². The van der Waals surface area contributed by atoms with E-state index >= 15 is 0 Å². The van der Waals surface area contributed by atoms with Gasteiger partial charge in [-0.05, 0) is 39.7 Å². The van der Waals surface area contributed by atoms with Crippen LogP contribution in [0.15, 0.2) is 4.52 Å². The number of likely N-dealkylation sites (N-methyl/N-ethyl adjacent to an activating group) is 1. The van der Waals surface area contributed by atoms with Crippen LogP contribution in [-0.4, -0.2) is 63.2 Å². The van der Waals surface area contributed by atoms with Gasteiger partial charge in [-0.2, -0.15) is 4.98 Å². The van der Waals surface area contributed by atoms with E-state index in [4.69, 9.17) is 4.52 Å². The van der Waals surface area contributed by atoms with Crippen LogP contribution in [0.5, 0.6) is 0 Å². The van der Waals surface area contributed by atoms with Crippen molar-refractivity contribution in [3.8, 4) is 0 Å². The minimum absolute atomic E-state index is 0.103. The maximum Gasteiger partial charge on any atom is 0.254 e. The van der Waals surface area contributed by atoms with Gasteiger partial charge in [-0.15, -0.1) is 0 Å². The minimum Gasteiger partial charge on any atom is -0.380 e. The third kappa shape index (κ3) is 2.67. The van der Waals surface area contributed by atoms with Gasteiger partial charge in [0.15, 0.2) is 5.82 Å². The van der Waals surface area contributed by atoms with Crippen LogP contribution < -0.4 is 0 Å². The third-order valence-electron chi connectivity index (χ3n) is 4.59. The smallest absolute Gasteiger partial charge is 0.254 e. The number of aliphatic hydroxyl groups is 1. The Kier molecular flexibility index (Phi) is 3.71. The van der Waals surface area contributed by atoms with Gasteiger partial charge < -0.3 is 14.5 Å². The minimum atomic E-state index is -1.16. The summed E-state index contributed by atoms with van der Waals surface area (Å²) in [5, 5.41) is 14.3. The fourth-order valence-electron chi connectivity index (χ4n) is 3.24. The van der Waals surface area contributed by atoms with Crippen LogP contribution in [-0.2, 0) is 4.79 Å². The van der Waals surface area contributed by atoms with Crippen molar-refractivity contribution in [1.29, 1.82) is 0 Å². The number of aromatic nitrogens is 2. The molecule has 2 fully saturated rings. The molecule has 3 rings (SSSR count). The van der Waals surface area contributed by atoms with E-state index in [1.165, 1.54) is 0 Å². The molecule has 1 aliphatic heterocycles. The molecule has 1 amide bonds. The molecule has 1 saturated heterocycles. The summed E-state index contributed by atoms with van der Waals surface area (Å²) in [5.41, 5.74) is -1.16. The first-order valence-electron chi connectivity index (χ1n) is 7.52. The molecule has 0 spiro atoms. The normalized spacial score (nSPS) is 26.2. The van der Waals surface area contributed by atoms with Crippen LogP contribution in [0.25, 0.3) is 0 Å². The standard InChI is InChI=1S/C14H22N4O3/c1-10-15-12(21-16-10)11-9-18(8-7-17(11)2)13(19)14(20)5-3-4-6-14/h11,20H,3-9H2,1-2H3/t11-/m0/s1. The Morgan fingerprint density at radius 1 is 1.38 bits per heavy atom. The first kappa shape index (κ1) is 14.5. The maximum atomic E-state index is 12.6. The third-order valence-corrected chi connectivity index (χ3v) is 4.59. The molecule has 0 radical (unpaired) electrons. The number of rotatable bonds is 2. The summed E-state index contributed by atoms with van der Waals surface area (Å²) in [6.45, 7) is 3.62. The summed E-state index contributed by atoms with van der Waals surface area (Å²) in [6, 6.07) is -0.103. The second-order valence-corrected chi connectivity index (χ2v) is 6.17. The average molecular weight is 294 g/mol. The van der Waals surface area contributed by atoms with Crippen LogP contribution in [0.1, 0.15) is 43.4 Å². The van der Waals surface area contributed by atoms with Gasteiger partial charge in [0.2, 0.25) is 5.89 Å². The highest BCUT2D eigenvalue weighted by atomic mass is 16.5. The molecule has 7 nitrogen and oxygen atoms in total. The highest BCUT2D eigenvalue weighted by molar-refractivity contribution is 5.85. The number of nitrogens with zero attached hydrogens (tertiary/aromatic N) is 4. The van der Waals surface area contributed by atoms with E-state index in [9.17, 15) is 9.90 Å². The van der Waals surface area contributed by atoms with Crippen LogP contribution in [0.4, 0.5) is 0 Å². The van der Waals surface area contributed by atoms with E-state index in [1.807, 2.05) is 7.05 Å². The summed E-state index contributed by atoms with van der Waals surface area (Å²) in [4.78, 5) is 20.7. The van der Waals surface area contributed by atoms with Gasteiger partial charge in [-0.25, -0.2) is 0 Å². The molecule has 21 heavy (non-hydrogen) atoms. The van der Waals surface area contributed by atoms with Crippen molar-refractivity contribution >= 4 is 5.91 Å². The molecule has 0 aromatic carbocycles. The average Bonchev–Trinajstić information content (AvgIpc) is 3.08. The fourth-order valence-corrected chi connectivity index (χ4v) is 3.24. The Hall–Kier alpha value is -1.47. The molecular formula is C14H22N4O3. The molecule has 116 valence electrons. The number of piperazine rings is 1. The number of hydrogen-bond donors (Lipinski definition) is 1. The first-order chi connectivity index (χ1) is 9.99. The highest BCUT2D eigenvalue weighted by Gasteiger charge is 2.43. The summed E-state index contributed by atoms with van der Waals surface area (Å²) in [7, 11) is 1.98. The van der Waals surface area contributed by atoms with Gasteiger partial charge in [0.05, 0.1) is 0 Å². The van der Waals surface area contributed by atoms with Crippen molar-refractivity contribution in [3.05, 3.63) is 11.7 Å². The van der Waals surface area contributed by atoms with Crippen LogP contribution in [0, 0.1) is 6.92 Å². The summed E-state index contributed by atoms with van der Waals surface area (Å²) in [5.74, 6) is 0.983. The van der Waals surface area contributed by atoms with Crippen molar-refractivity contribution in [2.24, 2.45) is 0 Å². The Morgan fingerprint density at radius 3 is 2.71 bits per heavy atom. The van der Waals surface area contributed by atoms with Crippen molar-refractivity contribution < 1.29 is 14.4 Å². The van der Waals surface area contributed by atoms with Gasteiger partial charge in [-0.1, -0.05) is 5.16 Å². The molecule has 1 aromatic rings. The Labute approximate surface area is 123 Å². The van der Waals surface area contributed by atoms with Crippen molar-refractivity contribution in [3.63, 3.8) is 0 Å². The zero-order valence-corrected chi connectivity index (χ0v) is 12.6. The lowest BCUT2D eigenvalue weighted by Crippen LogP contribution is -2.55. The van der Waals surface area contributed by atoms with Crippen molar-refractivity contribution in [2.45, 2.75) is 44.2 Å². The van der Waals surface area contributed by atoms with E-state index in [2.05, 4.69) is 15.0 Å². The molecule has 0 unspecified atom stereocenters. The number of carbonyl (C=O) groups excluding carboxylic acids is 1. The van der Waals surface area contributed by atoms with Crippen molar-refractivity contribution in [2.75, 3.05) is 26.7 Å². The maximum absolute atomic E-state index is 12.6. The highest BCUT2D eigenvalue weighted by Crippen LogP contribution is 2.33.